The minimum Gasteiger partial charge on any atom is -0.490 e. The van der Waals surface area contributed by atoms with E-state index in [2.05, 4.69) is 0 Å². The normalized spacial score (nSPS) is 18.3. The molecule has 0 saturated carbocycles. The van der Waals surface area contributed by atoms with E-state index in [-0.39, 0.29) is 41.0 Å². The Kier molecular flexibility index (Phi) is 4.95. The van der Waals surface area contributed by atoms with Gasteiger partial charge in [0.1, 0.15) is 17.0 Å². The molecule has 1 aromatic carbocycles. The second-order valence-corrected chi connectivity index (χ2v) is 8.13. The summed E-state index contributed by atoms with van der Waals surface area (Å²) in [5.74, 6) is 0.113. The third-order valence-corrected chi connectivity index (χ3v) is 4.91. The van der Waals surface area contributed by atoms with Crippen LogP contribution in [0.5, 0.6) is 11.5 Å². The third-order valence-electron chi connectivity index (χ3n) is 4.91. The molecule has 1 saturated heterocycles. The number of amides is 1. The molecule has 0 bridgehead atoms. The topological polar surface area (TPSA) is 108 Å². The maximum absolute atomic E-state index is 12.7. The fraction of sp³-hybridized carbons (Fsp3) is 0.579. The standard InChI is InChI=1S/C19H24N2O7/c1-18(2,3)28-17(23)20-7-5-19(6-8-20)11-14(22)12-9-13(21(24)25)16(26-4)10-15(12)27-19/h9-10H,5-8,11H2,1-4H3. The summed E-state index contributed by atoms with van der Waals surface area (Å²) >= 11 is 0. The fourth-order valence-electron chi connectivity index (χ4n) is 3.52. The van der Waals surface area contributed by atoms with Gasteiger partial charge in [-0.1, -0.05) is 0 Å². The minimum absolute atomic E-state index is 0.0415. The summed E-state index contributed by atoms with van der Waals surface area (Å²) in [5.41, 5.74) is -1.39. The number of nitro groups is 1. The number of fused-ring (bicyclic) bond motifs is 1. The van der Waals surface area contributed by atoms with Gasteiger partial charge in [-0.3, -0.25) is 14.9 Å². The summed E-state index contributed by atoms with van der Waals surface area (Å²) in [4.78, 5) is 37.1. The Bertz CT molecular complexity index is 820. The maximum Gasteiger partial charge on any atom is 0.410 e. The molecule has 9 heteroatoms. The molecule has 1 aromatic rings. The number of hydrogen-bond acceptors (Lipinski definition) is 7. The van der Waals surface area contributed by atoms with E-state index in [1.165, 1.54) is 19.2 Å². The van der Waals surface area contributed by atoms with E-state index in [0.29, 0.717) is 25.9 Å². The van der Waals surface area contributed by atoms with E-state index in [0.717, 1.165) is 0 Å². The number of nitro benzene ring substituents is 1. The Morgan fingerprint density at radius 2 is 1.93 bits per heavy atom. The van der Waals surface area contributed by atoms with E-state index in [9.17, 15) is 19.7 Å². The number of carbonyl (C=O) groups excluding carboxylic acids is 2. The van der Waals surface area contributed by atoms with Crippen LogP contribution < -0.4 is 9.47 Å². The number of nitrogens with zero attached hydrogens (tertiary/aromatic N) is 2. The van der Waals surface area contributed by atoms with E-state index in [1.807, 2.05) is 20.8 Å². The van der Waals surface area contributed by atoms with Gasteiger partial charge in [-0.05, 0) is 20.8 Å². The summed E-state index contributed by atoms with van der Waals surface area (Å²) in [6.45, 7) is 6.23. The predicted octanol–water partition coefficient (Wildman–Crippen LogP) is 3.34. The molecule has 0 N–H and O–H groups in total. The lowest BCUT2D eigenvalue weighted by molar-refractivity contribution is -0.385. The van der Waals surface area contributed by atoms with Gasteiger partial charge in [-0.2, -0.15) is 0 Å². The number of rotatable bonds is 2. The molecule has 1 amide bonds. The molecule has 2 heterocycles. The number of ether oxygens (including phenoxy) is 3. The van der Waals surface area contributed by atoms with Gasteiger partial charge in [0.25, 0.3) is 0 Å². The van der Waals surface area contributed by atoms with Crippen molar-refractivity contribution in [1.82, 2.24) is 4.90 Å². The first kappa shape index (κ1) is 19.9. The van der Waals surface area contributed by atoms with Gasteiger partial charge in [0.2, 0.25) is 5.75 Å². The second kappa shape index (κ2) is 6.96. The molecular weight excluding hydrogens is 368 g/mol. The Morgan fingerprint density at radius 3 is 2.46 bits per heavy atom. The lowest BCUT2D eigenvalue weighted by Gasteiger charge is -2.43. The molecule has 1 spiro atoms. The number of hydrogen-bond donors (Lipinski definition) is 0. The van der Waals surface area contributed by atoms with Crippen LogP contribution in [0.15, 0.2) is 12.1 Å². The molecular formula is C19H24N2O7. The second-order valence-electron chi connectivity index (χ2n) is 8.13. The molecule has 0 unspecified atom stereocenters. The van der Waals surface area contributed by atoms with Crippen molar-refractivity contribution in [3.8, 4) is 11.5 Å². The zero-order chi connectivity index (χ0) is 20.7. The lowest BCUT2D eigenvalue weighted by atomic mass is 9.82. The number of methoxy groups -OCH3 is 1. The van der Waals surface area contributed by atoms with Gasteiger partial charge in [0, 0.05) is 38.1 Å². The van der Waals surface area contributed by atoms with Crippen LogP contribution in [0, 0.1) is 10.1 Å². The Hall–Kier alpha value is -2.84. The van der Waals surface area contributed by atoms with E-state index >= 15 is 0 Å². The SMILES string of the molecule is COc1cc2c(cc1[N+](=O)[O-])C(=O)CC1(CCN(C(=O)OC(C)(C)C)CC1)O2. The maximum atomic E-state index is 12.7. The molecule has 2 aliphatic heterocycles. The van der Waals surface area contributed by atoms with Crippen molar-refractivity contribution in [1.29, 1.82) is 0 Å². The number of ketones is 1. The summed E-state index contributed by atoms with van der Waals surface area (Å²) in [5, 5.41) is 11.2. The Morgan fingerprint density at radius 1 is 1.29 bits per heavy atom. The van der Waals surface area contributed by atoms with Crippen molar-refractivity contribution >= 4 is 17.6 Å². The smallest absolute Gasteiger partial charge is 0.410 e. The van der Waals surface area contributed by atoms with Gasteiger partial charge in [-0.15, -0.1) is 0 Å². The summed E-state index contributed by atoms with van der Waals surface area (Å²) in [7, 11) is 1.33. The Labute approximate surface area is 162 Å². The highest BCUT2D eigenvalue weighted by atomic mass is 16.6. The van der Waals surface area contributed by atoms with Gasteiger partial charge < -0.3 is 19.1 Å². The average molecular weight is 392 g/mol. The van der Waals surface area contributed by atoms with Crippen molar-refractivity contribution < 1.29 is 28.7 Å². The number of piperidine rings is 1. The predicted molar refractivity (Wildman–Crippen MR) is 99.0 cm³/mol. The molecule has 9 nitrogen and oxygen atoms in total. The highest BCUT2D eigenvalue weighted by molar-refractivity contribution is 6.01. The van der Waals surface area contributed by atoms with Crippen molar-refractivity contribution in [2.45, 2.75) is 51.2 Å². The van der Waals surface area contributed by atoms with Gasteiger partial charge >= 0.3 is 11.8 Å². The zero-order valence-corrected chi connectivity index (χ0v) is 16.4. The van der Waals surface area contributed by atoms with Crippen molar-refractivity contribution in [3.63, 3.8) is 0 Å². The average Bonchev–Trinajstić information content (AvgIpc) is 2.59. The van der Waals surface area contributed by atoms with E-state index in [1.54, 1.807) is 4.90 Å². The number of likely N-dealkylation sites (tertiary alicyclic amines) is 1. The first-order chi connectivity index (χ1) is 13.0. The highest BCUT2D eigenvalue weighted by Crippen LogP contribution is 2.43. The van der Waals surface area contributed by atoms with Crippen LogP contribution in [-0.4, -0.2) is 53.1 Å². The molecule has 152 valence electrons. The van der Waals surface area contributed by atoms with Crippen LogP contribution in [0.25, 0.3) is 0 Å². The Balaban J connectivity index is 1.78. The summed E-state index contributed by atoms with van der Waals surface area (Å²) in [6, 6.07) is 2.60. The molecule has 0 atom stereocenters. The highest BCUT2D eigenvalue weighted by Gasteiger charge is 2.45. The molecule has 0 radical (unpaired) electrons. The third kappa shape index (κ3) is 3.88. The van der Waals surface area contributed by atoms with Gasteiger partial charge in [-0.25, -0.2) is 4.79 Å². The molecule has 0 aromatic heterocycles. The summed E-state index contributed by atoms with van der Waals surface area (Å²) < 4.78 is 16.6. The molecule has 0 aliphatic carbocycles. The fourth-order valence-corrected chi connectivity index (χ4v) is 3.52. The van der Waals surface area contributed by atoms with E-state index < -0.39 is 16.1 Å². The van der Waals surface area contributed by atoms with Gasteiger partial charge in [0.05, 0.1) is 24.0 Å². The first-order valence-electron chi connectivity index (χ1n) is 9.10. The number of Topliss-reactive ketones (excluding diaryl/α,β-unsaturated/α-hetero) is 1. The number of carbonyl (C=O) groups is 2. The number of benzene rings is 1. The molecule has 3 rings (SSSR count). The zero-order valence-electron chi connectivity index (χ0n) is 16.4. The van der Waals surface area contributed by atoms with Gasteiger partial charge in [0.15, 0.2) is 5.78 Å². The quantitative estimate of drug-likeness (QED) is 0.561. The van der Waals surface area contributed by atoms with Crippen molar-refractivity contribution in [2.24, 2.45) is 0 Å². The minimum atomic E-state index is -0.732. The van der Waals surface area contributed by atoms with Crippen molar-refractivity contribution in [2.75, 3.05) is 20.2 Å². The van der Waals surface area contributed by atoms with Crippen molar-refractivity contribution in [3.05, 3.63) is 27.8 Å². The lowest BCUT2D eigenvalue weighted by Crippen LogP contribution is -2.53. The van der Waals surface area contributed by atoms with Crippen LogP contribution in [-0.2, 0) is 4.74 Å². The first-order valence-corrected chi connectivity index (χ1v) is 9.10. The van der Waals surface area contributed by atoms with Crippen LogP contribution in [0.1, 0.15) is 50.4 Å². The molecule has 1 fully saturated rings. The largest absolute Gasteiger partial charge is 0.490 e. The van der Waals surface area contributed by atoms with Crippen LogP contribution in [0.3, 0.4) is 0 Å². The van der Waals surface area contributed by atoms with Crippen LogP contribution in [0.2, 0.25) is 0 Å². The van der Waals surface area contributed by atoms with Crippen LogP contribution in [0.4, 0.5) is 10.5 Å². The summed E-state index contributed by atoms with van der Waals surface area (Å²) in [6.07, 6.45) is 0.668. The van der Waals surface area contributed by atoms with Crippen LogP contribution >= 0.6 is 0 Å². The molecule has 28 heavy (non-hydrogen) atoms. The molecule has 2 aliphatic rings. The monoisotopic (exact) mass is 392 g/mol. The van der Waals surface area contributed by atoms with E-state index in [4.69, 9.17) is 14.2 Å².